The Hall–Kier alpha value is -2.49. The van der Waals surface area contributed by atoms with Gasteiger partial charge in [0.25, 0.3) is 0 Å². The number of carbonyl (C=O) groups excluding carboxylic acids is 1. The first-order valence-corrected chi connectivity index (χ1v) is 11.7. The lowest BCUT2D eigenvalue weighted by Gasteiger charge is -2.35. The van der Waals surface area contributed by atoms with Crippen molar-refractivity contribution in [3.63, 3.8) is 0 Å². The smallest absolute Gasteiger partial charge is 0.243 e. The normalized spacial score (nSPS) is 15.5. The summed E-state index contributed by atoms with van der Waals surface area (Å²) >= 11 is 0. The Morgan fingerprint density at radius 1 is 1.03 bits per heavy atom. The van der Waals surface area contributed by atoms with Gasteiger partial charge in [-0.25, -0.2) is 12.8 Å². The molecule has 1 N–H and O–H groups in total. The Balaban J connectivity index is 1.50. The average molecular weight is 449 g/mol. The Morgan fingerprint density at radius 2 is 1.61 bits per heavy atom. The van der Waals surface area contributed by atoms with Gasteiger partial charge in [-0.2, -0.15) is 4.31 Å². The first-order chi connectivity index (χ1) is 14.7. The van der Waals surface area contributed by atoms with Crippen molar-refractivity contribution in [2.24, 2.45) is 0 Å². The molecular weight excluding hydrogens is 419 g/mol. The molecule has 9 heteroatoms. The zero-order chi connectivity index (χ0) is 22.6. The molecule has 2 aromatic carbocycles. The van der Waals surface area contributed by atoms with Crippen LogP contribution < -0.4 is 10.2 Å². The number of amides is 1. The summed E-state index contributed by atoms with van der Waals surface area (Å²) in [5.74, 6) is -0.401. The highest BCUT2D eigenvalue weighted by Crippen LogP contribution is 2.20. The number of hydrogen-bond acceptors (Lipinski definition) is 5. The first-order valence-electron chi connectivity index (χ1n) is 10.3. The molecule has 3 rings (SSSR count). The maximum atomic E-state index is 13.1. The number of benzene rings is 2. The number of carbonyl (C=O) groups is 1. The van der Waals surface area contributed by atoms with Crippen LogP contribution in [0.15, 0.2) is 53.4 Å². The van der Waals surface area contributed by atoms with E-state index in [1.807, 2.05) is 13.8 Å². The third kappa shape index (κ3) is 5.81. The summed E-state index contributed by atoms with van der Waals surface area (Å²) in [4.78, 5) is 16.8. The van der Waals surface area contributed by atoms with Crippen LogP contribution in [-0.2, 0) is 14.8 Å². The zero-order valence-electron chi connectivity index (χ0n) is 18.1. The summed E-state index contributed by atoms with van der Waals surface area (Å²) in [6, 6.07) is 12.5. The van der Waals surface area contributed by atoms with Crippen molar-refractivity contribution in [3.05, 3.63) is 54.3 Å². The summed E-state index contributed by atoms with van der Waals surface area (Å²) in [7, 11) is -2.00. The van der Waals surface area contributed by atoms with E-state index in [1.54, 1.807) is 31.3 Å². The molecule has 1 fully saturated rings. The molecule has 31 heavy (non-hydrogen) atoms. The minimum Gasteiger partial charge on any atom is -0.369 e. The van der Waals surface area contributed by atoms with Crippen LogP contribution in [0.1, 0.15) is 13.8 Å². The molecule has 0 atom stereocenters. The van der Waals surface area contributed by atoms with Crippen LogP contribution in [0.3, 0.4) is 0 Å². The molecule has 1 saturated heterocycles. The summed E-state index contributed by atoms with van der Waals surface area (Å²) in [6.07, 6.45) is 0. The third-order valence-corrected chi connectivity index (χ3v) is 7.52. The van der Waals surface area contributed by atoms with Crippen molar-refractivity contribution >= 4 is 27.3 Å². The predicted molar refractivity (Wildman–Crippen MR) is 120 cm³/mol. The van der Waals surface area contributed by atoms with E-state index in [4.69, 9.17) is 0 Å². The van der Waals surface area contributed by atoms with Crippen LogP contribution in [0, 0.1) is 5.82 Å². The predicted octanol–water partition coefficient (Wildman–Crippen LogP) is 2.62. The Morgan fingerprint density at radius 3 is 2.16 bits per heavy atom. The highest BCUT2D eigenvalue weighted by molar-refractivity contribution is 7.89. The van der Waals surface area contributed by atoms with Gasteiger partial charge < -0.3 is 10.2 Å². The van der Waals surface area contributed by atoms with Gasteiger partial charge in [-0.3, -0.25) is 9.69 Å². The fourth-order valence-corrected chi connectivity index (χ4v) is 4.74. The van der Waals surface area contributed by atoms with Gasteiger partial charge in [-0.1, -0.05) is 0 Å². The van der Waals surface area contributed by atoms with Crippen LogP contribution in [0.4, 0.5) is 15.8 Å². The molecule has 0 unspecified atom stereocenters. The molecule has 0 saturated carbocycles. The SMILES string of the molecule is CC(C)N(C)S(=O)(=O)c1ccc(NC(=O)CN2CCN(c3ccc(F)cc3)CC2)cc1. The standard InChI is InChI=1S/C22H29FN4O3S/c1-17(2)25(3)31(29,30)21-10-6-19(7-11-21)24-22(28)16-26-12-14-27(15-13-26)20-8-4-18(23)5-9-20/h4-11,17H,12-16H2,1-3H3,(H,24,28). The van der Waals surface area contributed by atoms with Gasteiger partial charge in [0.2, 0.25) is 15.9 Å². The highest BCUT2D eigenvalue weighted by Gasteiger charge is 2.23. The Bertz CT molecular complexity index is 986. The third-order valence-electron chi connectivity index (χ3n) is 5.47. The van der Waals surface area contributed by atoms with E-state index < -0.39 is 10.0 Å². The van der Waals surface area contributed by atoms with Gasteiger partial charge >= 0.3 is 0 Å². The number of halogens is 1. The van der Waals surface area contributed by atoms with Crippen molar-refractivity contribution in [1.82, 2.24) is 9.21 Å². The van der Waals surface area contributed by atoms with Crippen molar-refractivity contribution in [1.29, 1.82) is 0 Å². The molecule has 1 aliphatic heterocycles. The molecule has 0 bridgehead atoms. The average Bonchev–Trinajstić information content (AvgIpc) is 2.74. The molecule has 7 nitrogen and oxygen atoms in total. The van der Waals surface area contributed by atoms with E-state index in [1.165, 1.54) is 28.6 Å². The van der Waals surface area contributed by atoms with Gasteiger partial charge in [-0.15, -0.1) is 0 Å². The Kier molecular flexibility index (Phi) is 7.30. The fraction of sp³-hybridized carbons (Fsp3) is 0.409. The van der Waals surface area contributed by atoms with Gasteiger partial charge in [0.05, 0.1) is 11.4 Å². The maximum absolute atomic E-state index is 13.1. The molecule has 0 aliphatic carbocycles. The van der Waals surface area contributed by atoms with E-state index in [9.17, 15) is 17.6 Å². The van der Waals surface area contributed by atoms with E-state index >= 15 is 0 Å². The summed E-state index contributed by atoms with van der Waals surface area (Å²) in [6.45, 7) is 6.85. The fourth-order valence-electron chi connectivity index (χ4n) is 3.37. The molecule has 0 aromatic heterocycles. The number of nitrogens with zero attached hydrogens (tertiary/aromatic N) is 3. The lowest BCUT2D eigenvalue weighted by molar-refractivity contribution is -0.117. The minimum atomic E-state index is -3.55. The number of piperazine rings is 1. The van der Waals surface area contributed by atoms with Crippen LogP contribution in [0.25, 0.3) is 0 Å². The number of nitrogens with one attached hydrogen (secondary N) is 1. The topological polar surface area (TPSA) is 73.0 Å². The quantitative estimate of drug-likeness (QED) is 0.705. The van der Waals surface area contributed by atoms with Gasteiger partial charge in [0.1, 0.15) is 5.82 Å². The van der Waals surface area contributed by atoms with E-state index in [2.05, 4.69) is 15.1 Å². The molecule has 1 heterocycles. The number of rotatable bonds is 7. The lowest BCUT2D eigenvalue weighted by atomic mass is 10.2. The second kappa shape index (κ2) is 9.76. The largest absolute Gasteiger partial charge is 0.369 e. The van der Waals surface area contributed by atoms with E-state index in [0.29, 0.717) is 5.69 Å². The molecule has 0 spiro atoms. The number of sulfonamides is 1. The van der Waals surface area contributed by atoms with Crippen molar-refractivity contribution in [2.75, 3.05) is 50.0 Å². The summed E-state index contributed by atoms with van der Waals surface area (Å²) in [5, 5.41) is 2.82. The first kappa shape index (κ1) is 23.2. The monoisotopic (exact) mass is 448 g/mol. The maximum Gasteiger partial charge on any atom is 0.243 e. The molecule has 0 radical (unpaired) electrons. The lowest BCUT2D eigenvalue weighted by Crippen LogP contribution is -2.48. The molecule has 168 valence electrons. The highest BCUT2D eigenvalue weighted by atomic mass is 32.2. The zero-order valence-corrected chi connectivity index (χ0v) is 18.9. The second-order valence-electron chi connectivity index (χ2n) is 7.93. The molecule has 1 aliphatic rings. The second-order valence-corrected chi connectivity index (χ2v) is 9.92. The minimum absolute atomic E-state index is 0.145. The number of anilines is 2. The van der Waals surface area contributed by atoms with E-state index in [0.717, 1.165) is 31.9 Å². The van der Waals surface area contributed by atoms with Gasteiger partial charge in [-0.05, 0) is 62.4 Å². The van der Waals surface area contributed by atoms with E-state index in [-0.39, 0.29) is 29.2 Å². The van der Waals surface area contributed by atoms with Gasteiger partial charge in [0, 0.05) is 50.6 Å². The molecule has 2 aromatic rings. The van der Waals surface area contributed by atoms with Crippen molar-refractivity contribution in [3.8, 4) is 0 Å². The van der Waals surface area contributed by atoms with Gasteiger partial charge in [0.15, 0.2) is 0 Å². The summed E-state index contributed by atoms with van der Waals surface area (Å²) < 4.78 is 39.4. The van der Waals surface area contributed by atoms with Crippen LogP contribution in [0.2, 0.25) is 0 Å². The molecule has 1 amide bonds. The Labute approximate surface area is 183 Å². The summed E-state index contributed by atoms with van der Waals surface area (Å²) in [5.41, 5.74) is 1.53. The van der Waals surface area contributed by atoms with Crippen LogP contribution >= 0.6 is 0 Å². The van der Waals surface area contributed by atoms with Crippen LogP contribution in [-0.4, -0.2) is 69.3 Å². The van der Waals surface area contributed by atoms with Crippen molar-refractivity contribution < 1.29 is 17.6 Å². The molecular formula is C22H29FN4O3S. The number of hydrogen-bond donors (Lipinski definition) is 1. The van der Waals surface area contributed by atoms with Crippen LogP contribution in [0.5, 0.6) is 0 Å². The van der Waals surface area contributed by atoms with Crippen molar-refractivity contribution in [2.45, 2.75) is 24.8 Å².